The molecule has 1 aliphatic rings. The van der Waals surface area contributed by atoms with E-state index in [2.05, 4.69) is 5.32 Å². The zero-order valence-corrected chi connectivity index (χ0v) is 17.0. The van der Waals surface area contributed by atoms with Crippen LogP contribution in [-0.2, 0) is 9.59 Å². The molecule has 5 nitrogen and oxygen atoms in total. The molecule has 1 amide bonds. The number of hydrogen-bond acceptors (Lipinski definition) is 3. The third-order valence-corrected chi connectivity index (χ3v) is 5.79. The summed E-state index contributed by atoms with van der Waals surface area (Å²) in [6.07, 6.45) is 0.885. The minimum absolute atomic E-state index is 0.228. The van der Waals surface area contributed by atoms with Crippen LogP contribution in [0.4, 0.5) is 0 Å². The minimum Gasteiger partial charge on any atom is -0.497 e. The first-order chi connectivity index (χ1) is 13.9. The topological polar surface area (TPSA) is 75.6 Å². The highest BCUT2D eigenvalue weighted by Gasteiger charge is 2.38. The number of nitrogens with one attached hydrogen (secondary N) is 1. The first-order valence-corrected chi connectivity index (χ1v) is 9.78. The fourth-order valence-corrected chi connectivity index (χ4v) is 3.88. The molecule has 0 radical (unpaired) electrons. The van der Waals surface area contributed by atoms with E-state index in [0.717, 1.165) is 28.0 Å². The number of aliphatic carboxylic acids is 1. The molecule has 0 spiro atoms. The van der Waals surface area contributed by atoms with Crippen LogP contribution < -0.4 is 10.1 Å². The van der Waals surface area contributed by atoms with Gasteiger partial charge in [-0.1, -0.05) is 53.6 Å². The Balaban J connectivity index is 1.90. The van der Waals surface area contributed by atoms with Crippen molar-refractivity contribution in [1.82, 2.24) is 5.32 Å². The van der Waals surface area contributed by atoms with Gasteiger partial charge in [-0.15, -0.1) is 0 Å². The summed E-state index contributed by atoms with van der Waals surface area (Å²) in [4.78, 5) is 25.0. The summed E-state index contributed by atoms with van der Waals surface area (Å²) in [6.45, 7) is 3.93. The molecule has 0 heterocycles. The van der Waals surface area contributed by atoms with E-state index in [9.17, 15) is 14.7 Å². The Bertz CT molecular complexity index is 902. The van der Waals surface area contributed by atoms with Gasteiger partial charge in [-0.3, -0.25) is 9.59 Å². The van der Waals surface area contributed by atoms with Crippen LogP contribution in [-0.4, -0.2) is 24.1 Å². The Morgan fingerprint density at radius 3 is 2.03 bits per heavy atom. The van der Waals surface area contributed by atoms with Gasteiger partial charge in [0.05, 0.1) is 25.0 Å². The maximum Gasteiger partial charge on any atom is 0.307 e. The van der Waals surface area contributed by atoms with Gasteiger partial charge in [0.1, 0.15) is 5.75 Å². The van der Waals surface area contributed by atoms with Gasteiger partial charge in [0.25, 0.3) is 0 Å². The van der Waals surface area contributed by atoms with E-state index in [0.29, 0.717) is 12.8 Å². The van der Waals surface area contributed by atoms with Gasteiger partial charge >= 0.3 is 5.97 Å². The van der Waals surface area contributed by atoms with Crippen LogP contribution in [0, 0.1) is 11.8 Å². The lowest BCUT2D eigenvalue weighted by Gasteiger charge is -2.31. The predicted octanol–water partition coefficient (Wildman–Crippen LogP) is 4.35. The molecule has 3 unspecified atom stereocenters. The highest BCUT2D eigenvalue weighted by molar-refractivity contribution is 5.86. The molecule has 2 aromatic carbocycles. The molecule has 2 aromatic rings. The molecule has 29 heavy (non-hydrogen) atoms. The quantitative estimate of drug-likeness (QED) is 0.716. The summed E-state index contributed by atoms with van der Waals surface area (Å²) < 4.78 is 5.24. The summed E-state index contributed by atoms with van der Waals surface area (Å²) in [5.41, 5.74) is 4.02. The Hall–Kier alpha value is -3.08. The van der Waals surface area contributed by atoms with Crippen LogP contribution in [0.25, 0.3) is 0 Å². The maximum absolute atomic E-state index is 13.2. The third kappa shape index (κ3) is 4.67. The van der Waals surface area contributed by atoms with Gasteiger partial charge in [0, 0.05) is 0 Å². The van der Waals surface area contributed by atoms with Gasteiger partial charge in [-0.25, -0.2) is 0 Å². The summed E-state index contributed by atoms with van der Waals surface area (Å²) in [5.74, 6) is -1.69. The fourth-order valence-electron chi connectivity index (χ4n) is 3.88. The molecule has 152 valence electrons. The molecule has 2 N–H and O–H groups in total. The number of rotatable bonds is 6. The summed E-state index contributed by atoms with van der Waals surface area (Å²) in [6, 6.07) is 16.9. The molecule has 1 aliphatic carbocycles. The minimum atomic E-state index is -0.919. The molecule has 0 aromatic heterocycles. The Morgan fingerprint density at radius 2 is 1.48 bits per heavy atom. The number of ether oxygens (including phenoxy) is 1. The van der Waals surface area contributed by atoms with E-state index in [1.54, 1.807) is 7.11 Å². The molecule has 5 heteroatoms. The Morgan fingerprint density at radius 1 is 0.931 bits per heavy atom. The van der Waals surface area contributed by atoms with E-state index in [4.69, 9.17) is 4.74 Å². The van der Waals surface area contributed by atoms with Crippen molar-refractivity contribution in [2.75, 3.05) is 7.11 Å². The number of carbonyl (C=O) groups is 2. The van der Waals surface area contributed by atoms with Crippen molar-refractivity contribution in [3.05, 3.63) is 76.9 Å². The van der Waals surface area contributed by atoms with Crippen molar-refractivity contribution >= 4 is 11.9 Å². The number of carbonyl (C=O) groups excluding carboxylic acids is 1. The number of carboxylic acids is 1. The van der Waals surface area contributed by atoms with Gasteiger partial charge in [0.2, 0.25) is 5.91 Å². The standard InChI is InChI=1S/C24H27NO4/c1-15-13-20(21(24(27)28)14-16(15)2)23(26)25-22(17-7-5-4-6-8-17)18-9-11-19(29-3)12-10-18/h4-12,20-22H,13-14H2,1-3H3,(H,25,26)(H,27,28). The van der Waals surface area contributed by atoms with Crippen molar-refractivity contribution in [2.24, 2.45) is 11.8 Å². The molecular formula is C24H27NO4. The average Bonchev–Trinajstić information content (AvgIpc) is 2.74. The first kappa shape index (κ1) is 20.6. The number of methoxy groups -OCH3 is 1. The van der Waals surface area contributed by atoms with Gasteiger partial charge < -0.3 is 15.2 Å². The van der Waals surface area contributed by atoms with E-state index in [1.165, 1.54) is 0 Å². The Kier molecular flexibility index (Phi) is 6.37. The molecule has 0 fully saturated rings. The number of amides is 1. The normalized spacial score (nSPS) is 20.1. The van der Waals surface area contributed by atoms with Gasteiger partial charge in [-0.05, 0) is 49.9 Å². The van der Waals surface area contributed by atoms with Gasteiger partial charge in [-0.2, -0.15) is 0 Å². The van der Waals surface area contributed by atoms with Crippen molar-refractivity contribution in [3.8, 4) is 5.75 Å². The van der Waals surface area contributed by atoms with Crippen LogP contribution in [0.1, 0.15) is 43.9 Å². The lowest BCUT2D eigenvalue weighted by molar-refractivity contribution is -0.147. The Labute approximate surface area is 171 Å². The third-order valence-electron chi connectivity index (χ3n) is 5.79. The highest BCUT2D eigenvalue weighted by Crippen LogP contribution is 2.35. The molecule has 3 rings (SSSR count). The second-order valence-electron chi connectivity index (χ2n) is 7.65. The molecule has 3 atom stereocenters. The van der Waals surface area contributed by atoms with Crippen molar-refractivity contribution in [3.63, 3.8) is 0 Å². The number of allylic oxidation sites excluding steroid dienone is 2. The second kappa shape index (κ2) is 8.95. The van der Waals surface area contributed by atoms with Crippen molar-refractivity contribution in [1.29, 1.82) is 0 Å². The van der Waals surface area contributed by atoms with E-state index in [-0.39, 0.29) is 11.9 Å². The fraction of sp³-hybridized carbons (Fsp3) is 0.333. The molecule has 0 saturated heterocycles. The molecule has 0 aliphatic heterocycles. The van der Waals surface area contributed by atoms with Gasteiger partial charge in [0.15, 0.2) is 0 Å². The van der Waals surface area contributed by atoms with Crippen LogP contribution >= 0.6 is 0 Å². The van der Waals surface area contributed by atoms with Crippen LogP contribution in [0.15, 0.2) is 65.7 Å². The summed E-state index contributed by atoms with van der Waals surface area (Å²) in [5, 5.41) is 12.8. The zero-order valence-electron chi connectivity index (χ0n) is 17.0. The molecular weight excluding hydrogens is 366 g/mol. The lowest BCUT2D eigenvalue weighted by atomic mass is 9.76. The summed E-state index contributed by atoms with van der Waals surface area (Å²) >= 11 is 0. The second-order valence-corrected chi connectivity index (χ2v) is 7.65. The highest BCUT2D eigenvalue weighted by atomic mass is 16.5. The van der Waals surface area contributed by atoms with Crippen molar-refractivity contribution < 1.29 is 19.4 Å². The zero-order chi connectivity index (χ0) is 21.0. The van der Waals surface area contributed by atoms with Crippen molar-refractivity contribution in [2.45, 2.75) is 32.7 Å². The number of carboxylic acid groups (broad SMARTS) is 1. The van der Waals surface area contributed by atoms with E-state index >= 15 is 0 Å². The number of hydrogen-bond donors (Lipinski definition) is 2. The van der Waals surface area contributed by atoms with E-state index in [1.807, 2.05) is 68.4 Å². The monoisotopic (exact) mass is 393 g/mol. The van der Waals surface area contributed by atoms with E-state index < -0.39 is 17.8 Å². The van der Waals surface area contributed by atoms with Crippen LogP contribution in [0.2, 0.25) is 0 Å². The van der Waals surface area contributed by atoms with Crippen LogP contribution in [0.3, 0.4) is 0 Å². The maximum atomic E-state index is 13.2. The largest absolute Gasteiger partial charge is 0.497 e. The SMILES string of the molecule is COc1ccc(C(NC(=O)C2CC(C)=C(C)CC2C(=O)O)c2ccccc2)cc1. The smallest absolute Gasteiger partial charge is 0.307 e. The average molecular weight is 393 g/mol. The molecule has 0 saturated carbocycles. The number of benzene rings is 2. The van der Waals surface area contributed by atoms with Crippen LogP contribution in [0.5, 0.6) is 5.75 Å². The first-order valence-electron chi connectivity index (χ1n) is 9.78. The predicted molar refractivity (Wildman–Crippen MR) is 112 cm³/mol. The summed E-state index contributed by atoms with van der Waals surface area (Å²) in [7, 11) is 1.61. The molecule has 0 bridgehead atoms. The lowest BCUT2D eigenvalue weighted by Crippen LogP contribution is -2.41.